The normalized spacial score (nSPS) is 10.2. The first-order valence-electron chi connectivity index (χ1n) is 4.44. The summed E-state index contributed by atoms with van der Waals surface area (Å²) in [4.78, 5) is 10.2. The molecule has 0 aliphatic carbocycles. The fourth-order valence-electron chi connectivity index (χ4n) is 1.38. The van der Waals surface area contributed by atoms with Gasteiger partial charge in [-0.3, -0.25) is 10.1 Å². The third kappa shape index (κ3) is 1.71. The van der Waals surface area contributed by atoms with Gasteiger partial charge in [-0.15, -0.1) is 0 Å². The van der Waals surface area contributed by atoms with Gasteiger partial charge < -0.3 is 0 Å². The summed E-state index contributed by atoms with van der Waals surface area (Å²) in [5.74, 6) is 0. The Kier molecular flexibility index (Phi) is 2.21. The minimum absolute atomic E-state index is 0.0717. The zero-order valence-corrected chi connectivity index (χ0v) is 8.12. The van der Waals surface area contributed by atoms with Crippen molar-refractivity contribution in [2.24, 2.45) is 0 Å². The van der Waals surface area contributed by atoms with Crippen LogP contribution in [0, 0.1) is 17.0 Å². The van der Waals surface area contributed by atoms with E-state index in [0.717, 1.165) is 5.69 Å². The molecule has 5 heteroatoms. The molecule has 0 radical (unpaired) electrons. The monoisotopic (exact) mass is 203 g/mol. The molecule has 2 aromatic rings. The molecule has 76 valence electrons. The van der Waals surface area contributed by atoms with E-state index in [9.17, 15) is 10.1 Å². The first-order valence-corrected chi connectivity index (χ1v) is 4.44. The smallest absolute Gasteiger partial charge is 0.258 e. The number of nitro groups is 1. The van der Waals surface area contributed by atoms with Gasteiger partial charge in [-0.2, -0.15) is 5.10 Å². The largest absolute Gasteiger partial charge is 0.271 e. The highest BCUT2D eigenvalue weighted by molar-refractivity contribution is 5.43. The van der Waals surface area contributed by atoms with Crippen molar-refractivity contribution in [1.82, 2.24) is 9.78 Å². The third-order valence-electron chi connectivity index (χ3n) is 2.12. The number of rotatable bonds is 2. The molecule has 0 amide bonds. The zero-order valence-electron chi connectivity index (χ0n) is 8.12. The second kappa shape index (κ2) is 3.53. The minimum atomic E-state index is -0.414. The Morgan fingerprint density at radius 3 is 2.80 bits per heavy atom. The molecular formula is C10H9N3O2. The molecular weight excluding hydrogens is 194 g/mol. The highest BCUT2D eigenvalue weighted by atomic mass is 16.6. The molecule has 0 spiro atoms. The fourth-order valence-corrected chi connectivity index (χ4v) is 1.38. The van der Waals surface area contributed by atoms with Gasteiger partial charge in [0, 0.05) is 24.0 Å². The van der Waals surface area contributed by atoms with Crippen LogP contribution in [0.25, 0.3) is 5.69 Å². The average Bonchev–Trinajstić information content (AvgIpc) is 2.64. The maximum Gasteiger partial charge on any atom is 0.271 e. The molecule has 0 atom stereocenters. The van der Waals surface area contributed by atoms with E-state index in [1.165, 1.54) is 12.1 Å². The van der Waals surface area contributed by atoms with Gasteiger partial charge in [-0.1, -0.05) is 6.07 Å². The predicted octanol–water partition coefficient (Wildman–Crippen LogP) is 2.09. The van der Waals surface area contributed by atoms with Crippen LogP contribution < -0.4 is 0 Å². The minimum Gasteiger partial charge on any atom is -0.258 e. The zero-order chi connectivity index (χ0) is 10.8. The van der Waals surface area contributed by atoms with Crippen molar-refractivity contribution >= 4 is 5.69 Å². The van der Waals surface area contributed by atoms with Crippen LogP contribution >= 0.6 is 0 Å². The molecule has 0 bridgehead atoms. The molecule has 15 heavy (non-hydrogen) atoms. The van der Waals surface area contributed by atoms with Crippen LogP contribution in [-0.2, 0) is 0 Å². The summed E-state index contributed by atoms with van der Waals surface area (Å²) in [6.45, 7) is 1.89. The molecule has 0 aliphatic rings. The van der Waals surface area contributed by atoms with E-state index in [1.54, 1.807) is 23.0 Å². The lowest BCUT2D eigenvalue weighted by Gasteiger charge is -2.03. The summed E-state index contributed by atoms with van der Waals surface area (Å²) in [7, 11) is 0. The highest BCUT2D eigenvalue weighted by Gasteiger charge is 2.07. The first-order chi connectivity index (χ1) is 7.18. The first kappa shape index (κ1) is 9.39. The lowest BCUT2D eigenvalue weighted by molar-refractivity contribution is -0.384. The molecule has 0 saturated heterocycles. The topological polar surface area (TPSA) is 61.0 Å². The maximum absolute atomic E-state index is 10.6. The predicted molar refractivity (Wildman–Crippen MR) is 55.0 cm³/mol. The second-order valence-corrected chi connectivity index (χ2v) is 3.16. The molecule has 5 nitrogen and oxygen atoms in total. The van der Waals surface area contributed by atoms with E-state index in [1.807, 2.05) is 13.0 Å². The van der Waals surface area contributed by atoms with Crippen LogP contribution in [0.15, 0.2) is 36.5 Å². The summed E-state index contributed by atoms with van der Waals surface area (Å²) >= 11 is 0. The van der Waals surface area contributed by atoms with Crippen molar-refractivity contribution in [2.75, 3.05) is 0 Å². The molecule has 0 unspecified atom stereocenters. The van der Waals surface area contributed by atoms with Crippen LogP contribution in [0.4, 0.5) is 5.69 Å². The van der Waals surface area contributed by atoms with Crippen molar-refractivity contribution in [2.45, 2.75) is 6.92 Å². The van der Waals surface area contributed by atoms with Crippen molar-refractivity contribution in [3.05, 3.63) is 52.3 Å². The summed E-state index contributed by atoms with van der Waals surface area (Å²) in [6, 6.07) is 8.24. The number of hydrogen-bond acceptors (Lipinski definition) is 3. The Morgan fingerprint density at radius 1 is 1.40 bits per heavy atom. The van der Waals surface area contributed by atoms with Gasteiger partial charge in [0.05, 0.1) is 10.6 Å². The van der Waals surface area contributed by atoms with Crippen LogP contribution in [0.1, 0.15) is 5.69 Å². The molecule has 1 aromatic heterocycles. The molecule has 1 aromatic carbocycles. The van der Waals surface area contributed by atoms with Crippen molar-refractivity contribution in [1.29, 1.82) is 0 Å². The van der Waals surface area contributed by atoms with Gasteiger partial charge in [0.25, 0.3) is 5.69 Å². The Labute approximate surface area is 86.1 Å². The Balaban J connectivity index is 2.50. The van der Waals surface area contributed by atoms with Crippen molar-refractivity contribution in [3.8, 4) is 5.69 Å². The number of nitrogens with zero attached hydrogens (tertiary/aromatic N) is 3. The number of non-ortho nitro benzene ring substituents is 1. The molecule has 2 rings (SSSR count). The van der Waals surface area contributed by atoms with Gasteiger partial charge in [0.2, 0.25) is 0 Å². The van der Waals surface area contributed by atoms with Crippen LogP contribution in [0.3, 0.4) is 0 Å². The van der Waals surface area contributed by atoms with Crippen LogP contribution in [0.5, 0.6) is 0 Å². The van der Waals surface area contributed by atoms with E-state index in [0.29, 0.717) is 5.69 Å². The summed E-state index contributed by atoms with van der Waals surface area (Å²) in [5.41, 5.74) is 1.71. The number of benzene rings is 1. The fraction of sp³-hybridized carbons (Fsp3) is 0.100. The standard InChI is InChI=1S/C10H9N3O2/c1-8-5-6-11-12(8)9-3-2-4-10(7-9)13(14)15/h2-7H,1H3. The van der Waals surface area contributed by atoms with Gasteiger partial charge in [0.1, 0.15) is 0 Å². The number of hydrogen-bond donors (Lipinski definition) is 0. The van der Waals surface area contributed by atoms with Gasteiger partial charge in [-0.05, 0) is 19.1 Å². The Morgan fingerprint density at radius 2 is 2.20 bits per heavy atom. The van der Waals surface area contributed by atoms with E-state index < -0.39 is 4.92 Å². The van der Waals surface area contributed by atoms with Gasteiger partial charge >= 0.3 is 0 Å². The van der Waals surface area contributed by atoms with E-state index in [2.05, 4.69) is 5.10 Å². The van der Waals surface area contributed by atoms with Gasteiger partial charge in [-0.25, -0.2) is 4.68 Å². The molecule has 0 N–H and O–H groups in total. The Hall–Kier alpha value is -2.17. The second-order valence-electron chi connectivity index (χ2n) is 3.16. The quantitative estimate of drug-likeness (QED) is 0.554. The average molecular weight is 203 g/mol. The number of nitro benzene ring substituents is 1. The van der Waals surface area contributed by atoms with Crippen LogP contribution in [-0.4, -0.2) is 14.7 Å². The maximum atomic E-state index is 10.6. The number of aryl methyl sites for hydroxylation is 1. The molecule has 1 heterocycles. The van der Waals surface area contributed by atoms with E-state index >= 15 is 0 Å². The molecule has 0 aliphatic heterocycles. The van der Waals surface area contributed by atoms with Crippen molar-refractivity contribution < 1.29 is 4.92 Å². The molecule has 0 saturated carbocycles. The summed E-state index contributed by atoms with van der Waals surface area (Å²) in [6.07, 6.45) is 1.66. The van der Waals surface area contributed by atoms with E-state index in [4.69, 9.17) is 0 Å². The Bertz CT molecular complexity index is 505. The van der Waals surface area contributed by atoms with Crippen molar-refractivity contribution in [3.63, 3.8) is 0 Å². The highest BCUT2D eigenvalue weighted by Crippen LogP contribution is 2.16. The molecule has 0 fully saturated rings. The van der Waals surface area contributed by atoms with Gasteiger partial charge in [0.15, 0.2) is 0 Å². The van der Waals surface area contributed by atoms with Crippen LogP contribution in [0.2, 0.25) is 0 Å². The lowest BCUT2D eigenvalue weighted by Crippen LogP contribution is -1.99. The summed E-state index contributed by atoms with van der Waals surface area (Å²) < 4.78 is 1.66. The van der Waals surface area contributed by atoms with E-state index in [-0.39, 0.29) is 5.69 Å². The SMILES string of the molecule is Cc1ccnn1-c1cccc([N+](=O)[O-])c1. The number of aromatic nitrogens is 2. The third-order valence-corrected chi connectivity index (χ3v) is 2.12. The summed E-state index contributed by atoms with van der Waals surface area (Å²) in [5, 5.41) is 14.7. The lowest BCUT2D eigenvalue weighted by atomic mass is 10.3.